The molecule has 1 aliphatic carbocycles. The number of nitrogens with zero attached hydrogens (tertiary/aromatic N) is 1. The first kappa shape index (κ1) is 13.9. The normalized spacial score (nSPS) is 30.4. The van der Waals surface area contributed by atoms with Crippen molar-refractivity contribution in [3.8, 4) is 0 Å². The maximum absolute atomic E-state index is 13.3. The molecule has 3 atom stereocenters. The Balaban J connectivity index is 1.76. The van der Waals surface area contributed by atoms with Crippen molar-refractivity contribution >= 4 is 0 Å². The van der Waals surface area contributed by atoms with Gasteiger partial charge in [0.05, 0.1) is 18.8 Å². The van der Waals surface area contributed by atoms with Crippen molar-refractivity contribution in [2.75, 3.05) is 20.3 Å². The molecule has 20 heavy (non-hydrogen) atoms. The summed E-state index contributed by atoms with van der Waals surface area (Å²) in [7, 11) is 1.71. The summed E-state index contributed by atoms with van der Waals surface area (Å²) < 4.78 is 37.7. The molecule has 1 aromatic carbocycles. The molecule has 2 fully saturated rings. The zero-order chi connectivity index (χ0) is 14.1. The number of rotatable bonds is 3. The molecule has 0 N–H and O–H groups in total. The van der Waals surface area contributed by atoms with E-state index in [9.17, 15) is 8.78 Å². The van der Waals surface area contributed by atoms with Crippen LogP contribution < -0.4 is 0 Å². The number of ether oxygens (including phenoxy) is 2. The first-order chi connectivity index (χ1) is 9.69. The van der Waals surface area contributed by atoms with Crippen LogP contribution in [0.5, 0.6) is 0 Å². The lowest BCUT2D eigenvalue weighted by molar-refractivity contribution is -0.0326. The number of fused-ring (bicyclic) bond motifs is 2. The van der Waals surface area contributed by atoms with E-state index in [0.717, 1.165) is 24.9 Å². The summed E-state index contributed by atoms with van der Waals surface area (Å²) in [6.07, 6.45) is 2.26. The van der Waals surface area contributed by atoms with Gasteiger partial charge in [-0.25, -0.2) is 8.78 Å². The zero-order valence-electron chi connectivity index (χ0n) is 11.5. The summed E-state index contributed by atoms with van der Waals surface area (Å²) in [5, 5.41) is 0. The summed E-state index contributed by atoms with van der Waals surface area (Å²) >= 11 is 0. The van der Waals surface area contributed by atoms with Crippen molar-refractivity contribution in [2.45, 2.75) is 37.6 Å². The Bertz CT molecular complexity index is 483. The van der Waals surface area contributed by atoms with E-state index in [1.165, 1.54) is 12.1 Å². The number of methoxy groups -OCH3 is 1. The third kappa shape index (κ3) is 2.57. The average Bonchev–Trinajstić information content (AvgIpc) is 2.75. The Morgan fingerprint density at radius 1 is 1.30 bits per heavy atom. The fourth-order valence-corrected chi connectivity index (χ4v) is 3.34. The minimum atomic E-state index is -0.802. The number of halogens is 2. The Morgan fingerprint density at radius 3 is 2.90 bits per heavy atom. The second-order valence-electron chi connectivity index (χ2n) is 5.47. The van der Waals surface area contributed by atoms with Gasteiger partial charge in [0.15, 0.2) is 11.6 Å². The summed E-state index contributed by atoms with van der Waals surface area (Å²) in [6, 6.07) is 4.39. The van der Waals surface area contributed by atoms with Crippen LogP contribution in [0, 0.1) is 11.6 Å². The van der Waals surface area contributed by atoms with Gasteiger partial charge in [0.2, 0.25) is 0 Å². The predicted octanol–water partition coefficient (Wildman–Crippen LogP) is 2.34. The van der Waals surface area contributed by atoms with Gasteiger partial charge in [-0.3, -0.25) is 4.90 Å². The Labute approximate surface area is 117 Å². The van der Waals surface area contributed by atoms with Gasteiger partial charge in [-0.05, 0) is 30.5 Å². The molecule has 0 aromatic heterocycles. The van der Waals surface area contributed by atoms with E-state index in [4.69, 9.17) is 9.47 Å². The van der Waals surface area contributed by atoms with Gasteiger partial charge in [-0.2, -0.15) is 0 Å². The average molecular weight is 283 g/mol. The minimum absolute atomic E-state index is 0.0720. The highest BCUT2D eigenvalue weighted by molar-refractivity contribution is 5.18. The van der Waals surface area contributed by atoms with Crippen LogP contribution in [-0.4, -0.2) is 43.4 Å². The molecule has 0 amide bonds. The molecule has 3 rings (SSSR count). The second-order valence-corrected chi connectivity index (χ2v) is 5.47. The Hall–Kier alpha value is -1.04. The van der Waals surface area contributed by atoms with Gasteiger partial charge in [-0.1, -0.05) is 6.07 Å². The fourth-order valence-electron chi connectivity index (χ4n) is 3.34. The van der Waals surface area contributed by atoms with Gasteiger partial charge >= 0.3 is 0 Å². The van der Waals surface area contributed by atoms with Gasteiger partial charge in [0, 0.05) is 26.2 Å². The van der Waals surface area contributed by atoms with Crippen molar-refractivity contribution in [3.05, 3.63) is 35.4 Å². The molecule has 3 nitrogen and oxygen atoms in total. The predicted molar refractivity (Wildman–Crippen MR) is 70.3 cm³/mol. The van der Waals surface area contributed by atoms with Gasteiger partial charge in [0.25, 0.3) is 0 Å². The van der Waals surface area contributed by atoms with E-state index in [2.05, 4.69) is 4.90 Å². The molecule has 1 saturated carbocycles. The summed E-state index contributed by atoms with van der Waals surface area (Å²) in [5.74, 6) is -1.59. The highest BCUT2D eigenvalue weighted by Crippen LogP contribution is 2.32. The first-order valence-electron chi connectivity index (χ1n) is 7.01. The van der Waals surface area contributed by atoms with E-state index in [1.807, 2.05) is 0 Å². The number of benzene rings is 1. The molecular formula is C15H19F2NO2. The molecule has 1 aromatic rings. The van der Waals surface area contributed by atoms with Crippen LogP contribution in [0.4, 0.5) is 8.78 Å². The van der Waals surface area contributed by atoms with Crippen LogP contribution in [-0.2, 0) is 16.0 Å². The van der Waals surface area contributed by atoms with Crippen LogP contribution in [0.15, 0.2) is 18.2 Å². The first-order valence-corrected chi connectivity index (χ1v) is 7.01. The maximum Gasteiger partial charge on any atom is 0.159 e. The molecule has 2 aliphatic rings. The second kappa shape index (κ2) is 5.76. The van der Waals surface area contributed by atoms with Crippen LogP contribution in [0.1, 0.15) is 18.4 Å². The Kier molecular flexibility index (Phi) is 4.01. The molecule has 0 unspecified atom stereocenters. The van der Waals surface area contributed by atoms with E-state index >= 15 is 0 Å². The van der Waals surface area contributed by atoms with Crippen LogP contribution in [0.25, 0.3) is 0 Å². The third-order valence-electron chi connectivity index (χ3n) is 4.31. The fraction of sp³-hybridized carbons (Fsp3) is 0.600. The number of hydrogen-bond donors (Lipinski definition) is 0. The lowest BCUT2D eigenvalue weighted by atomic mass is 10.1. The number of hydrogen-bond acceptors (Lipinski definition) is 3. The topological polar surface area (TPSA) is 21.7 Å². The van der Waals surface area contributed by atoms with Crippen molar-refractivity contribution in [1.29, 1.82) is 0 Å². The van der Waals surface area contributed by atoms with E-state index in [0.29, 0.717) is 19.2 Å². The van der Waals surface area contributed by atoms with Gasteiger partial charge < -0.3 is 9.47 Å². The van der Waals surface area contributed by atoms with Crippen LogP contribution in [0.2, 0.25) is 0 Å². The largest absolute Gasteiger partial charge is 0.377 e. The lowest BCUT2D eigenvalue weighted by Crippen LogP contribution is -2.42. The van der Waals surface area contributed by atoms with E-state index in [1.54, 1.807) is 13.2 Å². The van der Waals surface area contributed by atoms with E-state index < -0.39 is 11.6 Å². The molecule has 2 bridgehead atoms. The van der Waals surface area contributed by atoms with Gasteiger partial charge in [-0.15, -0.1) is 0 Å². The SMILES string of the molecule is CO[C@H]1[C@H]2CC[C@H]1OCCN2Cc1ccc(F)c(F)c1. The summed E-state index contributed by atoms with van der Waals surface area (Å²) in [4.78, 5) is 2.26. The highest BCUT2D eigenvalue weighted by Gasteiger charge is 2.42. The summed E-state index contributed by atoms with van der Waals surface area (Å²) in [6.45, 7) is 2.04. The van der Waals surface area contributed by atoms with Crippen LogP contribution in [0.3, 0.4) is 0 Å². The lowest BCUT2D eigenvalue weighted by Gasteiger charge is -2.30. The molecule has 0 spiro atoms. The van der Waals surface area contributed by atoms with Gasteiger partial charge in [0.1, 0.15) is 0 Å². The van der Waals surface area contributed by atoms with Crippen molar-refractivity contribution in [3.63, 3.8) is 0 Å². The third-order valence-corrected chi connectivity index (χ3v) is 4.31. The van der Waals surface area contributed by atoms with Crippen LogP contribution >= 0.6 is 0 Å². The molecular weight excluding hydrogens is 264 g/mol. The molecule has 110 valence electrons. The smallest absolute Gasteiger partial charge is 0.159 e. The van der Waals surface area contributed by atoms with Crippen molar-refractivity contribution < 1.29 is 18.3 Å². The zero-order valence-corrected chi connectivity index (χ0v) is 11.5. The Morgan fingerprint density at radius 2 is 2.15 bits per heavy atom. The minimum Gasteiger partial charge on any atom is -0.377 e. The molecule has 1 aliphatic heterocycles. The summed E-state index contributed by atoms with van der Waals surface area (Å²) in [5.41, 5.74) is 0.782. The molecule has 1 heterocycles. The van der Waals surface area contributed by atoms with Crippen molar-refractivity contribution in [1.82, 2.24) is 4.90 Å². The highest BCUT2D eigenvalue weighted by atomic mass is 19.2. The molecule has 1 saturated heterocycles. The maximum atomic E-state index is 13.3. The molecule has 0 radical (unpaired) electrons. The van der Waals surface area contributed by atoms with Crippen molar-refractivity contribution in [2.24, 2.45) is 0 Å². The monoisotopic (exact) mass is 283 g/mol. The molecule has 5 heteroatoms. The standard InChI is InChI=1S/C15H19F2NO2/c1-19-15-13-4-5-14(15)20-7-6-18(13)9-10-2-3-11(16)12(17)8-10/h2-3,8,13-15H,4-7,9H2,1H3/t13-,14-,15+/m1/s1. The quantitative estimate of drug-likeness (QED) is 0.850. The van der Waals surface area contributed by atoms with E-state index in [-0.39, 0.29) is 12.2 Å².